The fourth-order valence-corrected chi connectivity index (χ4v) is 3.90. The first kappa shape index (κ1) is 17.0. The van der Waals surface area contributed by atoms with Crippen LogP contribution in [0.4, 0.5) is 4.79 Å². The maximum atomic E-state index is 12.7. The highest BCUT2D eigenvalue weighted by atomic mass is 32.1. The fraction of sp³-hybridized carbons (Fsp3) is 0.529. The Bertz CT molecular complexity index is 668. The van der Waals surface area contributed by atoms with E-state index in [1.54, 1.807) is 11.3 Å². The van der Waals surface area contributed by atoms with E-state index in [4.69, 9.17) is 4.52 Å². The van der Waals surface area contributed by atoms with Crippen LogP contribution < -0.4 is 5.32 Å². The Morgan fingerprint density at radius 1 is 1.58 bits per heavy atom. The van der Waals surface area contributed by atoms with Crippen molar-refractivity contribution in [2.45, 2.75) is 31.8 Å². The summed E-state index contributed by atoms with van der Waals surface area (Å²) in [5, 5.41) is 11.2. The predicted octanol–water partition coefficient (Wildman–Crippen LogP) is 3.19. The lowest BCUT2D eigenvalue weighted by Crippen LogP contribution is -2.42. The van der Waals surface area contributed by atoms with Gasteiger partial charge in [-0.25, -0.2) is 4.79 Å². The van der Waals surface area contributed by atoms with E-state index in [0.717, 1.165) is 30.8 Å². The highest BCUT2D eigenvalue weighted by Gasteiger charge is 2.33. The van der Waals surface area contributed by atoms with Crippen LogP contribution in [-0.2, 0) is 0 Å². The molecule has 0 aliphatic carbocycles. The lowest BCUT2D eigenvalue weighted by atomic mass is 10.1. The van der Waals surface area contributed by atoms with Crippen molar-refractivity contribution in [2.24, 2.45) is 0 Å². The van der Waals surface area contributed by atoms with Crippen LogP contribution in [0, 0.1) is 6.92 Å². The molecule has 0 radical (unpaired) electrons. The molecule has 0 unspecified atom stereocenters. The van der Waals surface area contributed by atoms with Crippen LogP contribution in [0.15, 0.2) is 27.4 Å². The zero-order valence-corrected chi connectivity index (χ0v) is 15.2. The maximum Gasteiger partial charge on any atom is 0.318 e. The molecule has 3 heterocycles. The summed E-state index contributed by atoms with van der Waals surface area (Å²) in [4.78, 5) is 16.7. The van der Waals surface area contributed by atoms with Gasteiger partial charge in [-0.15, -0.1) is 0 Å². The lowest BCUT2D eigenvalue weighted by molar-refractivity contribution is 0.178. The molecule has 2 amide bonds. The molecule has 7 heteroatoms. The first-order valence-corrected chi connectivity index (χ1v) is 9.16. The van der Waals surface area contributed by atoms with E-state index in [-0.39, 0.29) is 18.1 Å². The molecule has 1 aliphatic heterocycles. The minimum absolute atomic E-state index is 0.00912. The standard InChI is InChI=1S/C17H24N4O2S/c1-12-9-16(23-19-12)14-5-4-7-21(14)17(22)18-10-15(20(2)3)13-6-8-24-11-13/h6,8-9,11,14-15H,4-5,7,10H2,1-3H3,(H,18,22)/t14-,15+/m0/s1. The summed E-state index contributed by atoms with van der Waals surface area (Å²) in [7, 11) is 4.06. The summed E-state index contributed by atoms with van der Waals surface area (Å²) >= 11 is 1.68. The van der Waals surface area contributed by atoms with E-state index in [0.29, 0.717) is 6.54 Å². The Labute approximate surface area is 146 Å². The van der Waals surface area contributed by atoms with E-state index in [1.807, 2.05) is 32.0 Å². The number of rotatable bonds is 5. The van der Waals surface area contributed by atoms with Gasteiger partial charge in [0.05, 0.1) is 17.8 Å². The first-order valence-electron chi connectivity index (χ1n) is 8.22. The third kappa shape index (κ3) is 3.62. The van der Waals surface area contributed by atoms with Crippen LogP contribution in [0.1, 0.15) is 41.9 Å². The van der Waals surface area contributed by atoms with Crippen molar-refractivity contribution in [1.29, 1.82) is 0 Å². The summed E-state index contributed by atoms with van der Waals surface area (Å²) in [5.41, 5.74) is 2.08. The predicted molar refractivity (Wildman–Crippen MR) is 94.1 cm³/mol. The number of nitrogens with zero attached hydrogens (tertiary/aromatic N) is 3. The number of likely N-dealkylation sites (N-methyl/N-ethyl adjacent to an activating group) is 1. The van der Waals surface area contributed by atoms with Crippen LogP contribution in [0.2, 0.25) is 0 Å². The van der Waals surface area contributed by atoms with Crippen molar-refractivity contribution in [3.8, 4) is 0 Å². The third-order valence-electron chi connectivity index (χ3n) is 4.49. The zero-order valence-electron chi connectivity index (χ0n) is 14.4. The van der Waals surface area contributed by atoms with Crippen LogP contribution in [-0.4, -0.2) is 48.2 Å². The number of aromatic nitrogens is 1. The molecule has 1 fully saturated rings. The second-order valence-corrected chi connectivity index (χ2v) is 7.22. The molecule has 2 atom stereocenters. The number of amides is 2. The van der Waals surface area contributed by atoms with Crippen molar-refractivity contribution < 1.29 is 9.32 Å². The topological polar surface area (TPSA) is 61.6 Å². The number of hydrogen-bond acceptors (Lipinski definition) is 5. The van der Waals surface area contributed by atoms with Crippen molar-refractivity contribution in [2.75, 3.05) is 27.2 Å². The van der Waals surface area contributed by atoms with Gasteiger partial charge in [0, 0.05) is 19.2 Å². The van der Waals surface area contributed by atoms with Gasteiger partial charge in [0.25, 0.3) is 0 Å². The van der Waals surface area contributed by atoms with E-state index in [9.17, 15) is 4.79 Å². The van der Waals surface area contributed by atoms with Gasteiger partial charge in [-0.2, -0.15) is 11.3 Å². The molecular formula is C17H24N4O2S. The number of urea groups is 1. The number of thiophene rings is 1. The van der Waals surface area contributed by atoms with Gasteiger partial charge < -0.3 is 19.6 Å². The second-order valence-electron chi connectivity index (χ2n) is 6.44. The van der Waals surface area contributed by atoms with E-state index < -0.39 is 0 Å². The van der Waals surface area contributed by atoms with Crippen LogP contribution in [0.3, 0.4) is 0 Å². The molecule has 24 heavy (non-hydrogen) atoms. The molecule has 2 aromatic heterocycles. The number of carbonyl (C=O) groups excluding carboxylic acids is 1. The molecule has 1 saturated heterocycles. The highest BCUT2D eigenvalue weighted by molar-refractivity contribution is 7.07. The smallest absolute Gasteiger partial charge is 0.318 e. The van der Waals surface area contributed by atoms with Crippen molar-refractivity contribution >= 4 is 17.4 Å². The second kappa shape index (κ2) is 7.36. The van der Waals surface area contributed by atoms with Crippen LogP contribution in [0.25, 0.3) is 0 Å². The quantitative estimate of drug-likeness (QED) is 0.901. The van der Waals surface area contributed by atoms with Crippen molar-refractivity contribution in [1.82, 2.24) is 20.3 Å². The van der Waals surface area contributed by atoms with Gasteiger partial charge in [-0.1, -0.05) is 5.16 Å². The molecule has 0 spiro atoms. The fourth-order valence-electron chi connectivity index (χ4n) is 3.19. The van der Waals surface area contributed by atoms with Gasteiger partial charge >= 0.3 is 6.03 Å². The van der Waals surface area contributed by atoms with E-state index >= 15 is 0 Å². The SMILES string of the molecule is Cc1cc([C@@H]2CCCN2C(=O)NC[C@H](c2ccsc2)N(C)C)on1. The average Bonchev–Trinajstić information content (AvgIpc) is 3.27. The minimum atomic E-state index is -0.0337. The molecule has 0 aromatic carbocycles. The summed E-state index contributed by atoms with van der Waals surface area (Å²) in [5.74, 6) is 0.780. The minimum Gasteiger partial charge on any atom is -0.359 e. The summed E-state index contributed by atoms with van der Waals surface area (Å²) < 4.78 is 5.37. The Hall–Kier alpha value is -1.86. The third-order valence-corrected chi connectivity index (χ3v) is 5.19. The summed E-state index contributed by atoms with van der Waals surface area (Å²) in [6.45, 7) is 3.23. The summed E-state index contributed by atoms with van der Waals surface area (Å²) in [6, 6.07) is 4.16. The highest BCUT2D eigenvalue weighted by Crippen LogP contribution is 2.32. The Morgan fingerprint density at radius 2 is 2.42 bits per heavy atom. The number of carbonyl (C=O) groups is 1. The maximum absolute atomic E-state index is 12.7. The molecule has 0 bridgehead atoms. The Balaban J connectivity index is 1.63. The van der Waals surface area contributed by atoms with Crippen LogP contribution >= 0.6 is 11.3 Å². The van der Waals surface area contributed by atoms with Gasteiger partial charge in [0.1, 0.15) is 0 Å². The normalized spacial score (nSPS) is 19.0. The van der Waals surface area contributed by atoms with Crippen LogP contribution in [0.5, 0.6) is 0 Å². The molecule has 2 aromatic rings. The number of nitrogens with one attached hydrogen (secondary N) is 1. The zero-order chi connectivity index (χ0) is 17.1. The number of hydrogen-bond donors (Lipinski definition) is 1. The van der Waals surface area contributed by atoms with Gasteiger partial charge in [-0.3, -0.25) is 0 Å². The van der Waals surface area contributed by atoms with E-state index in [2.05, 4.69) is 32.2 Å². The monoisotopic (exact) mass is 348 g/mol. The largest absolute Gasteiger partial charge is 0.359 e. The molecule has 6 nitrogen and oxygen atoms in total. The van der Waals surface area contributed by atoms with Gasteiger partial charge in [0.2, 0.25) is 0 Å². The lowest BCUT2D eigenvalue weighted by Gasteiger charge is -2.27. The average molecular weight is 348 g/mol. The molecule has 1 aliphatic rings. The summed E-state index contributed by atoms with van der Waals surface area (Å²) in [6.07, 6.45) is 1.91. The van der Waals surface area contributed by atoms with E-state index in [1.165, 1.54) is 5.56 Å². The molecule has 0 saturated carbocycles. The first-order chi connectivity index (χ1) is 11.6. The number of aryl methyl sites for hydroxylation is 1. The van der Waals surface area contributed by atoms with Gasteiger partial charge in [-0.05, 0) is 56.3 Å². The molecule has 130 valence electrons. The molecular weight excluding hydrogens is 324 g/mol. The Kier molecular flexibility index (Phi) is 5.20. The molecule has 3 rings (SSSR count). The Morgan fingerprint density at radius 3 is 3.04 bits per heavy atom. The van der Waals surface area contributed by atoms with Crippen molar-refractivity contribution in [3.63, 3.8) is 0 Å². The van der Waals surface area contributed by atoms with Crippen molar-refractivity contribution in [3.05, 3.63) is 39.9 Å². The number of likely N-dealkylation sites (tertiary alicyclic amines) is 1. The molecule has 1 N–H and O–H groups in total. The van der Waals surface area contributed by atoms with Gasteiger partial charge in [0.15, 0.2) is 5.76 Å².